The molecule has 1 aliphatic rings. The SMILES string of the molecule is Fc1ccc(C2Cc3ccc(C(F)(F)F)cc3N2)cc1F. The van der Waals surface area contributed by atoms with Gasteiger partial charge in [-0.2, -0.15) is 13.2 Å². The maximum Gasteiger partial charge on any atom is 0.416 e. The Kier molecular flexibility index (Phi) is 3.11. The second-order valence-electron chi connectivity index (χ2n) is 4.94. The van der Waals surface area contributed by atoms with Crippen LogP contribution in [0.4, 0.5) is 27.6 Å². The number of halogens is 5. The number of nitrogens with one attached hydrogen (secondary N) is 1. The van der Waals surface area contributed by atoms with Crippen LogP contribution in [0.3, 0.4) is 0 Å². The Morgan fingerprint density at radius 3 is 2.38 bits per heavy atom. The van der Waals surface area contributed by atoms with Crippen LogP contribution in [-0.4, -0.2) is 0 Å². The zero-order chi connectivity index (χ0) is 15.2. The van der Waals surface area contributed by atoms with Gasteiger partial charge in [-0.25, -0.2) is 8.78 Å². The number of benzene rings is 2. The molecule has 2 aromatic carbocycles. The van der Waals surface area contributed by atoms with Crippen molar-refractivity contribution in [3.05, 3.63) is 64.7 Å². The van der Waals surface area contributed by atoms with E-state index in [2.05, 4.69) is 5.32 Å². The molecule has 1 aliphatic heterocycles. The van der Waals surface area contributed by atoms with Gasteiger partial charge >= 0.3 is 6.18 Å². The van der Waals surface area contributed by atoms with Crippen molar-refractivity contribution in [2.45, 2.75) is 18.6 Å². The van der Waals surface area contributed by atoms with Crippen LogP contribution in [0.1, 0.15) is 22.7 Å². The average molecular weight is 299 g/mol. The van der Waals surface area contributed by atoms with Crippen molar-refractivity contribution in [1.82, 2.24) is 0 Å². The first-order valence-electron chi connectivity index (χ1n) is 6.26. The van der Waals surface area contributed by atoms with Gasteiger partial charge < -0.3 is 5.32 Å². The molecule has 0 spiro atoms. The first kappa shape index (κ1) is 13.9. The summed E-state index contributed by atoms with van der Waals surface area (Å²) in [6, 6.07) is 6.60. The Morgan fingerprint density at radius 1 is 0.952 bits per heavy atom. The maximum absolute atomic E-state index is 13.2. The van der Waals surface area contributed by atoms with Crippen molar-refractivity contribution in [3.63, 3.8) is 0 Å². The predicted molar refractivity (Wildman–Crippen MR) is 67.9 cm³/mol. The molecule has 0 aromatic heterocycles. The van der Waals surface area contributed by atoms with E-state index in [4.69, 9.17) is 0 Å². The zero-order valence-electron chi connectivity index (χ0n) is 10.6. The van der Waals surface area contributed by atoms with E-state index in [1.165, 1.54) is 12.1 Å². The lowest BCUT2D eigenvalue weighted by atomic mass is 10.0. The van der Waals surface area contributed by atoms with Gasteiger partial charge in [-0.1, -0.05) is 12.1 Å². The summed E-state index contributed by atoms with van der Waals surface area (Å²) in [5.74, 6) is -1.92. The molecule has 0 aliphatic carbocycles. The first-order valence-corrected chi connectivity index (χ1v) is 6.26. The van der Waals surface area contributed by atoms with E-state index in [-0.39, 0.29) is 6.04 Å². The lowest BCUT2D eigenvalue weighted by Crippen LogP contribution is -2.07. The molecular formula is C15H10F5N. The highest BCUT2D eigenvalue weighted by Gasteiger charge is 2.32. The molecule has 2 aromatic rings. The van der Waals surface area contributed by atoms with Crippen molar-refractivity contribution in [2.75, 3.05) is 5.32 Å². The summed E-state index contributed by atoms with van der Waals surface area (Å²) in [6.45, 7) is 0. The van der Waals surface area contributed by atoms with Gasteiger partial charge in [0.1, 0.15) is 0 Å². The highest BCUT2D eigenvalue weighted by atomic mass is 19.4. The van der Waals surface area contributed by atoms with E-state index in [0.29, 0.717) is 17.7 Å². The van der Waals surface area contributed by atoms with E-state index in [1.54, 1.807) is 0 Å². The Labute approximate surface area is 117 Å². The van der Waals surface area contributed by atoms with E-state index >= 15 is 0 Å². The minimum Gasteiger partial charge on any atom is -0.378 e. The largest absolute Gasteiger partial charge is 0.416 e. The molecule has 110 valence electrons. The summed E-state index contributed by atoms with van der Waals surface area (Å²) in [5.41, 5.74) is 0.857. The van der Waals surface area contributed by atoms with Crippen LogP contribution in [0.25, 0.3) is 0 Å². The molecule has 1 atom stereocenters. The van der Waals surface area contributed by atoms with Crippen LogP contribution < -0.4 is 5.32 Å². The minimum atomic E-state index is -4.41. The molecule has 0 radical (unpaired) electrons. The third kappa shape index (κ3) is 2.57. The number of alkyl halides is 3. The molecule has 0 fully saturated rings. The second-order valence-corrected chi connectivity index (χ2v) is 4.94. The van der Waals surface area contributed by atoms with Gasteiger partial charge in [0.25, 0.3) is 0 Å². The summed E-state index contributed by atoms with van der Waals surface area (Å²) in [7, 11) is 0. The van der Waals surface area contributed by atoms with Crippen LogP contribution in [0, 0.1) is 11.6 Å². The summed E-state index contributed by atoms with van der Waals surface area (Å²) in [5, 5.41) is 2.92. The van der Waals surface area contributed by atoms with Crippen LogP contribution in [0.15, 0.2) is 36.4 Å². The van der Waals surface area contributed by atoms with Gasteiger partial charge in [-0.15, -0.1) is 0 Å². The van der Waals surface area contributed by atoms with Gasteiger partial charge in [0.2, 0.25) is 0 Å². The third-order valence-corrected chi connectivity index (χ3v) is 3.54. The average Bonchev–Trinajstić information content (AvgIpc) is 2.83. The highest BCUT2D eigenvalue weighted by molar-refractivity contribution is 5.60. The van der Waals surface area contributed by atoms with E-state index in [9.17, 15) is 22.0 Å². The van der Waals surface area contributed by atoms with Gasteiger partial charge in [-0.3, -0.25) is 0 Å². The molecule has 3 rings (SSSR count). The van der Waals surface area contributed by atoms with Gasteiger partial charge in [0.15, 0.2) is 11.6 Å². The van der Waals surface area contributed by atoms with Gasteiger partial charge in [0.05, 0.1) is 11.6 Å². The lowest BCUT2D eigenvalue weighted by Gasteiger charge is -2.12. The van der Waals surface area contributed by atoms with E-state index in [1.807, 2.05) is 0 Å². The minimum absolute atomic E-state index is 0.362. The molecule has 21 heavy (non-hydrogen) atoms. The number of anilines is 1. The first-order chi connectivity index (χ1) is 9.84. The maximum atomic E-state index is 13.2. The number of fused-ring (bicyclic) bond motifs is 1. The number of hydrogen-bond acceptors (Lipinski definition) is 1. The normalized spacial score (nSPS) is 17.5. The van der Waals surface area contributed by atoms with Gasteiger partial charge in [-0.05, 0) is 41.8 Å². The molecule has 0 bridgehead atoms. The number of rotatable bonds is 1. The summed E-state index contributed by atoms with van der Waals surface area (Å²) in [6.07, 6.45) is -3.98. The van der Waals surface area contributed by atoms with Crippen LogP contribution in [0.2, 0.25) is 0 Å². The molecule has 1 unspecified atom stereocenters. The quantitative estimate of drug-likeness (QED) is 0.753. The van der Waals surface area contributed by atoms with Crippen molar-refractivity contribution in [3.8, 4) is 0 Å². The molecule has 0 saturated heterocycles. The van der Waals surface area contributed by atoms with Crippen molar-refractivity contribution in [1.29, 1.82) is 0 Å². The van der Waals surface area contributed by atoms with Crippen LogP contribution in [-0.2, 0) is 12.6 Å². The fourth-order valence-corrected chi connectivity index (χ4v) is 2.45. The van der Waals surface area contributed by atoms with Crippen molar-refractivity contribution < 1.29 is 22.0 Å². The highest BCUT2D eigenvalue weighted by Crippen LogP contribution is 2.38. The predicted octanol–water partition coefficient (Wildman–Crippen LogP) is 4.69. The number of hydrogen-bond donors (Lipinski definition) is 1. The van der Waals surface area contributed by atoms with Crippen LogP contribution in [0.5, 0.6) is 0 Å². The van der Waals surface area contributed by atoms with E-state index < -0.39 is 23.4 Å². The molecule has 0 amide bonds. The Bertz CT molecular complexity index is 693. The lowest BCUT2D eigenvalue weighted by molar-refractivity contribution is -0.137. The molecule has 6 heteroatoms. The molecule has 1 N–H and O–H groups in total. The molecule has 1 heterocycles. The molecule has 1 nitrogen and oxygen atoms in total. The van der Waals surface area contributed by atoms with E-state index in [0.717, 1.165) is 29.8 Å². The Morgan fingerprint density at radius 2 is 1.71 bits per heavy atom. The fourth-order valence-electron chi connectivity index (χ4n) is 2.45. The molecule has 0 saturated carbocycles. The summed E-state index contributed by atoms with van der Waals surface area (Å²) < 4.78 is 64.1. The van der Waals surface area contributed by atoms with Gasteiger partial charge in [0, 0.05) is 5.69 Å². The fraction of sp³-hybridized carbons (Fsp3) is 0.200. The zero-order valence-corrected chi connectivity index (χ0v) is 10.6. The second kappa shape index (κ2) is 4.72. The third-order valence-electron chi connectivity index (χ3n) is 3.54. The standard InChI is InChI=1S/C15H10F5N/c16-11-4-2-8(5-12(11)17)13-6-9-1-3-10(15(18,19)20)7-14(9)21-13/h1-5,7,13,21H,6H2. The topological polar surface area (TPSA) is 12.0 Å². The van der Waals surface area contributed by atoms with Crippen LogP contribution >= 0.6 is 0 Å². The molecular weight excluding hydrogens is 289 g/mol. The smallest absolute Gasteiger partial charge is 0.378 e. The van der Waals surface area contributed by atoms with Crippen molar-refractivity contribution in [2.24, 2.45) is 0 Å². The summed E-state index contributed by atoms with van der Waals surface area (Å²) >= 11 is 0. The monoisotopic (exact) mass is 299 g/mol. The summed E-state index contributed by atoms with van der Waals surface area (Å²) in [4.78, 5) is 0. The Hall–Kier alpha value is -2.11. The van der Waals surface area contributed by atoms with Crippen molar-refractivity contribution >= 4 is 5.69 Å². The Balaban J connectivity index is 1.89.